The van der Waals surface area contributed by atoms with E-state index in [9.17, 15) is 0 Å². The van der Waals surface area contributed by atoms with Gasteiger partial charge in [0.15, 0.2) is 4.96 Å². The first-order valence-corrected chi connectivity index (χ1v) is 6.23. The smallest absolute Gasteiger partial charge is 0.194 e. The van der Waals surface area contributed by atoms with Crippen LogP contribution in [0.3, 0.4) is 0 Å². The van der Waals surface area contributed by atoms with Crippen LogP contribution in [-0.2, 0) is 0 Å². The van der Waals surface area contributed by atoms with Crippen molar-refractivity contribution in [2.24, 2.45) is 0 Å². The number of hydrogen-bond donors (Lipinski definition) is 0. The maximum Gasteiger partial charge on any atom is 0.194 e. The summed E-state index contributed by atoms with van der Waals surface area (Å²) in [6.07, 6.45) is 3.81. The highest BCUT2D eigenvalue weighted by atomic mass is 32.1. The van der Waals surface area contributed by atoms with E-state index in [0.717, 1.165) is 16.3 Å². The Morgan fingerprint density at radius 1 is 1.35 bits per heavy atom. The number of aryl methyl sites for hydroxylation is 1. The van der Waals surface area contributed by atoms with E-state index in [-0.39, 0.29) is 0 Å². The van der Waals surface area contributed by atoms with Gasteiger partial charge in [0.05, 0.1) is 12.8 Å². The van der Waals surface area contributed by atoms with E-state index >= 15 is 0 Å². The summed E-state index contributed by atoms with van der Waals surface area (Å²) in [4.78, 5) is 5.30. The molecule has 0 saturated heterocycles. The van der Waals surface area contributed by atoms with Crippen molar-refractivity contribution in [1.29, 1.82) is 0 Å². The van der Waals surface area contributed by atoms with Crippen molar-refractivity contribution in [2.45, 2.75) is 6.92 Å². The standard InChI is InChI=1S/C13H12N2OS/c1-9-7-10(3-4-12(9)16-2)11-8-17-13-14-5-6-15(11)13/h3-8H,1-2H3. The Labute approximate surface area is 103 Å². The van der Waals surface area contributed by atoms with Crippen LogP contribution in [0, 0.1) is 6.92 Å². The Bertz CT molecular complexity index is 669. The molecule has 0 N–H and O–H groups in total. The fourth-order valence-electron chi connectivity index (χ4n) is 1.97. The number of aromatic nitrogens is 2. The van der Waals surface area contributed by atoms with Gasteiger partial charge in [-0.1, -0.05) is 0 Å². The molecule has 0 saturated carbocycles. The van der Waals surface area contributed by atoms with Crippen LogP contribution >= 0.6 is 11.3 Å². The van der Waals surface area contributed by atoms with Gasteiger partial charge in [-0.15, -0.1) is 11.3 Å². The van der Waals surface area contributed by atoms with E-state index in [0.29, 0.717) is 0 Å². The van der Waals surface area contributed by atoms with E-state index in [1.807, 2.05) is 18.5 Å². The van der Waals surface area contributed by atoms with Crippen molar-refractivity contribution in [2.75, 3.05) is 7.11 Å². The largest absolute Gasteiger partial charge is 0.496 e. The van der Waals surface area contributed by atoms with Gasteiger partial charge >= 0.3 is 0 Å². The van der Waals surface area contributed by atoms with E-state index in [2.05, 4.69) is 33.8 Å². The van der Waals surface area contributed by atoms with Crippen LogP contribution in [0.25, 0.3) is 16.2 Å². The second-order valence-electron chi connectivity index (χ2n) is 3.89. The number of methoxy groups -OCH3 is 1. The maximum absolute atomic E-state index is 5.27. The highest BCUT2D eigenvalue weighted by molar-refractivity contribution is 7.15. The van der Waals surface area contributed by atoms with E-state index < -0.39 is 0 Å². The monoisotopic (exact) mass is 244 g/mol. The molecule has 2 heterocycles. The summed E-state index contributed by atoms with van der Waals surface area (Å²) in [5.41, 5.74) is 3.50. The molecule has 0 bridgehead atoms. The zero-order valence-corrected chi connectivity index (χ0v) is 10.5. The zero-order chi connectivity index (χ0) is 11.8. The SMILES string of the molecule is COc1ccc(-c2csc3nccn23)cc1C. The predicted molar refractivity (Wildman–Crippen MR) is 69.8 cm³/mol. The number of rotatable bonds is 2. The van der Waals surface area contributed by atoms with E-state index in [4.69, 9.17) is 4.74 Å². The highest BCUT2D eigenvalue weighted by Crippen LogP contribution is 2.29. The zero-order valence-electron chi connectivity index (χ0n) is 9.68. The summed E-state index contributed by atoms with van der Waals surface area (Å²) in [7, 11) is 1.70. The quantitative estimate of drug-likeness (QED) is 0.691. The molecule has 17 heavy (non-hydrogen) atoms. The van der Waals surface area contributed by atoms with Crippen LogP contribution < -0.4 is 4.74 Å². The molecule has 1 aromatic carbocycles. The molecule has 0 atom stereocenters. The van der Waals surface area contributed by atoms with Gasteiger partial charge in [-0.25, -0.2) is 4.98 Å². The van der Waals surface area contributed by atoms with Crippen LogP contribution in [0.15, 0.2) is 36.0 Å². The van der Waals surface area contributed by atoms with Gasteiger partial charge in [0, 0.05) is 17.8 Å². The number of fused-ring (bicyclic) bond motifs is 1. The second-order valence-corrected chi connectivity index (χ2v) is 4.72. The van der Waals surface area contributed by atoms with Crippen LogP contribution in [0.1, 0.15) is 5.56 Å². The van der Waals surface area contributed by atoms with Crippen LogP contribution in [0.4, 0.5) is 0 Å². The van der Waals surface area contributed by atoms with E-state index in [1.165, 1.54) is 11.3 Å². The molecule has 0 spiro atoms. The number of nitrogens with zero attached hydrogens (tertiary/aromatic N) is 2. The van der Waals surface area contributed by atoms with Gasteiger partial charge in [-0.3, -0.25) is 4.40 Å². The molecule has 0 amide bonds. The van der Waals surface area contributed by atoms with Gasteiger partial charge in [0.1, 0.15) is 5.75 Å². The van der Waals surface area contributed by atoms with Crippen molar-refractivity contribution in [1.82, 2.24) is 9.38 Å². The lowest BCUT2D eigenvalue weighted by molar-refractivity contribution is 0.412. The molecule has 0 aliphatic rings. The molecule has 0 aliphatic carbocycles. The third-order valence-electron chi connectivity index (χ3n) is 2.83. The molecule has 3 rings (SSSR count). The number of imidazole rings is 1. The third-order valence-corrected chi connectivity index (χ3v) is 3.69. The number of hydrogen-bond acceptors (Lipinski definition) is 3. The molecule has 0 radical (unpaired) electrons. The Kier molecular flexibility index (Phi) is 2.37. The molecular formula is C13H12N2OS. The maximum atomic E-state index is 5.27. The molecule has 2 aromatic heterocycles. The predicted octanol–water partition coefficient (Wildman–Crippen LogP) is 3.38. The molecule has 0 fully saturated rings. The topological polar surface area (TPSA) is 26.5 Å². The second kappa shape index (κ2) is 3.89. The number of benzene rings is 1. The lowest BCUT2D eigenvalue weighted by atomic mass is 10.1. The summed E-state index contributed by atoms with van der Waals surface area (Å²) >= 11 is 1.65. The first-order chi connectivity index (χ1) is 8.29. The fraction of sp³-hybridized carbons (Fsp3) is 0.154. The molecule has 4 heteroatoms. The van der Waals surface area contributed by atoms with E-state index in [1.54, 1.807) is 18.4 Å². The minimum absolute atomic E-state index is 0.922. The van der Waals surface area contributed by atoms with Crippen molar-refractivity contribution in [3.05, 3.63) is 41.5 Å². The molecule has 3 nitrogen and oxygen atoms in total. The molecular weight excluding hydrogens is 232 g/mol. The number of thiazole rings is 1. The third kappa shape index (κ3) is 1.61. The minimum Gasteiger partial charge on any atom is -0.496 e. The van der Waals surface area contributed by atoms with Crippen molar-refractivity contribution in [3.63, 3.8) is 0 Å². The summed E-state index contributed by atoms with van der Waals surface area (Å²) in [6.45, 7) is 2.06. The fourth-order valence-corrected chi connectivity index (χ4v) is 2.83. The molecule has 0 unspecified atom stereocenters. The first-order valence-electron chi connectivity index (χ1n) is 5.35. The highest BCUT2D eigenvalue weighted by Gasteiger charge is 2.08. The van der Waals surface area contributed by atoms with Crippen LogP contribution in [0.5, 0.6) is 5.75 Å². The van der Waals surface area contributed by atoms with Crippen LogP contribution in [0.2, 0.25) is 0 Å². The molecule has 3 aromatic rings. The van der Waals surface area contributed by atoms with Gasteiger partial charge in [0.2, 0.25) is 0 Å². The van der Waals surface area contributed by atoms with Crippen molar-refractivity contribution >= 4 is 16.3 Å². The molecule has 0 aliphatic heterocycles. The number of ether oxygens (including phenoxy) is 1. The first kappa shape index (κ1) is 10.4. The van der Waals surface area contributed by atoms with Gasteiger partial charge in [-0.05, 0) is 36.2 Å². The molecule has 86 valence electrons. The van der Waals surface area contributed by atoms with Crippen LogP contribution in [-0.4, -0.2) is 16.5 Å². The lowest BCUT2D eigenvalue weighted by Gasteiger charge is -2.06. The lowest BCUT2D eigenvalue weighted by Crippen LogP contribution is -1.89. The van der Waals surface area contributed by atoms with Gasteiger partial charge < -0.3 is 4.74 Å². The average Bonchev–Trinajstić information content (AvgIpc) is 2.90. The summed E-state index contributed by atoms with van der Waals surface area (Å²) in [6, 6.07) is 6.22. The van der Waals surface area contributed by atoms with Gasteiger partial charge in [0.25, 0.3) is 0 Å². The Morgan fingerprint density at radius 2 is 2.24 bits per heavy atom. The minimum atomic E-state index is 0.922. The Morgan fingerprint density at radius 3 is 3.00 bits per heavy atom. The summed E-state index contributed by atoms with van der Waals surface area (Å²) in [5, 5.41) is 2.13. The van der Waals surface area contributed by atoms with Gasteiger partial charge in [-0.2, -0.15) is 0 Å². The Balaban J connectivity index is 2.16. The summed E-state index contributed by atoms with van der Waals surface area (Å²) in [5.74, 6) is 0.922. The van der Waals surface area contributed by atoms with Crippen molar-refractivity contribution < 1.29 is 4.74 Å². The average molecular weight is 244 g/mol. The normalized spacial score (nSPS) is 10.9. The van der Waals surface area contributed by atoms with Crippen molar-refractivity contribution in [3.8, 4) is 17.0 Å². The Hall–Kier alpha value is -1.81. The summed E-state index contributed by atoms with van der Waals surface area (Å²) < 4.78 is 7.38.